The van der Waals surface area contributed by atoms with Crippen LogP contribution in [0.5, 0.6) is 0 Å². The molecule has 0 fully saturated rings. The van der Waals surface area contributed by atoms with Gasteiger partial charge >= 0.3 is 0 Å². The van der Waals surface area contributed by atoms with Crippen LogP contribution in [0.1, 0.15) is 27.4 Å². The van der Waals surface area contributed by atoms with Gasteiger partial charge in [0.1, 0.15) is 5.82 Å². The lowest BCUT2D eigenvalue weighted by atomic mass is 9.77. The number of nitrogens with one attached hydrogen (secondary N) is 1. The summed E-state index contributed by atoms with van der Waals surface area (Å²) in [5.74, 6) is -1.11. The van der Waals surface area contributed by atoms with Gasteiger partial charge in [0, 0.05) is 18.7 Å². The largest absolute Gasteiger partial charge is 0.351 e. The predicted molar refractivity (Wildman–Crippen MR) is 84.7 cm³/mol. The third-order valence-corrected chi connectivity index (χ3v) is 5.19. The topological polar surface area (TPSA) is 63.2 Å². The first-order chi connectivity index (χ1) is 10.9. The van der Waals surface area contributed by atoms with E-state index in [1.54, 1.807) is 0 Å². The number of fused-ring (bicyclic) bond motifs is 1. The number of hydrogen-bond acceptors (Lipinski definition) is 3. The number of halogens is 1. The lowest BCUT2D eigenvalue weighted by Crippen LogP contribution is -2.33. The standard InChI is InChI=1S/C17H16FNO3S/c1-23(21,22)13-6-7-16(18)15(9-13)17(20)19-10-12-8-11-4-2-3-5-14(11)12/h2-7,9,12H,8,10H2,1H3,(H,19,20). The summed E-state index contributed by atoms with van der Waals surface area (Å²) in [5.41, 5.74) is 2.20. The Balaban J connectivity index is 1.72. The summed E-state index contributed by atoms with van der Waals surface area (Å²) in [7, 11) is -3.49. The van der Waals surface area contributed by atoms with Gasteiger partial charge < -0.3 is 5.32 Å². The molecule has 0 heterocycles. The highest BCUT2D eigenvalue weighted by Gasteiger charge is 2.26. The molecular formula is C17H16FNO3S. The van der Waals surface area contributed by atoms with Crippen LogP contribution in [-0.4, -0.2) is 27.1 Å². The molecule has 0 radical (unpaired) electrons. The van der Waals surface area contributed by atoms with Gasteiger partial charge in [0.25, 0.3) is 5.91 Å². The molecule has 2 aromatic rings. The minimum atomic E-state index is -3.49. The Labute approximate surface area is 134 Å². The average Bonchev–Trinajstić information content (AvgIpc) is 2.47. The Morgan fingerprint density at radius 3 is 2.70 bits per heavy atom. The zero-order chi connectivity index (χ0) is 16.6. The minimum absolute atomic E-state index is 0.0713. The molecule has 1 aliphatic rings. The Morgan fingerprint density at radius 1 is 1.26 bits per heavy atom. The molecule has 1 amide bonds. The molecule has 1 N–H and O–H groups in total. The number of carbonyl (C=O) groups is 1. The van der Waals surface area contributed by atoms with E-state index >= 15 is 0 Å². The van der Waals surface area contributed by atoms with Crippen LogP contribution in [0.2, 0.25) is 0 Å². The van der Waals surface area contributed by atoms with Crippen molar-refractivity contribution in [2.45, 2.75) is 17.2 Å². The summed E-state index contributed by atoms with van der Waals surface area (Å²) in [6, 6.07) is 11.2. The van der Waals surface area contributed by atoms with E-state index in [2.05, 4.69) is 5.32 Å². The van der Waals surface area contributed by atoms with Gasteiger partial charge in [-0.25, -0.2) is 12.8 Å². The first-order valence-corrected chi connectivity index (χ1v) is 9.11. The van der Waals surface area contributed by atoms with E-state index in [4.69, 9.17) is 0 Å². The third-order valence-electron chi connectivity index (χ3n) is 4.08. The van der Waals surface area contributed by atoms with Crippen LogP contribution in [0.15, 0.2) is 47.4 Å². The van der Waals surface area contributed by atoms with Gasteiger partial charge in [-0.2, -0.15) is 0 Å². The van der Waals surface area contributed by atoms with Gasteiger partial charge in [-0.15, -0.1) is 0 Å². The van der Waals surface area contributed by atoms with Crippen molar-refractivity contribution in [2.24, 2.45) is 0 Å². The summed E-state index contributed by atoms with van der Waals surface area (Å²) < 4.78 is 36.9. The first-order valence-electron chi connectivity index (χ1n) is 7.22. The molecule has 0 bridgehead atoms. The fourth-order valence-electron chi connectivity index (χ4n) is 2.76. The molecule has 120 valence electrons. The van der Waals surface area contributed by atoms with Gasteiger partial charge in [0.05, 0.1) is 10.5 Å². The van der Waals surface area contributed by atoms with E-state index < -0.39 is 21.6 Å². The van der Waals surface area contributed by atoms with Gasteiger partial charge in [0.15, 0.2) is 9.84 Å². The maximum absolute atomic E-state index is 13.8. The lowest BCUT2D eigenvalue weighted by Gasteiger charge is -2.30. The summed E-state index contributed by atoms with van der Waals surface area (Å²) in [4.78, 5) is 12.1. The highest BCUT2D eigenvalue weighted by molar-refractivity contribution is 7.90. The highest BCUT2D eigenvalue weighted by atomic mass is 32.2. The molecule has 1 unspecified atom stereocenters. The molecule has 0 saturated heterocycles. The van der Waals surface area contributed by atoms with Crippen molar-refractivity contribution in [1.82, 2.24) is 5.32 Å². The summed E-state index contributed by atoms with van der Waals surface area (Å²) in [6.07, 6.45) is 1.90. The van der Waals surface area contributed by atoms with E-state index in [1.807, 2.05) is 24.3 Å². The smallest absolute Gasteiger partial charge is 0.254 e. The molecule has 0 aromatic heterocycles. The molecule has 3 rings (SSSR count). The summed E-state index contributed by atoms with van der Waals surface area (Å²) in [5, 5.41) is 2.69. The molecule has 0 aliphatic heterocycles. The van der Waals surface area contributed by atoms with E-state index in [1.165, 1.54) is 11.1 Å². The van der Waals surface area contributed by atoms with Crippen molar-refractivity contribution < 1.29 is 17.6 Å². The average molecular weight is 333 g/mol. The van der Waals surface area contributed by atoms with E-state index in [9.17, 15) is 17.6 Å². The number of rotatable bonds is 4. The molecule has 23 heavy (non-hydrogen) atoms. The zero-order valence-corrected chi connectivity index (χ0v) is 13.4. The van der Waals surface area contributed by atoms with Crippen LogP contribution in [0.25, 0.3) is 0 Å². The molecule has 4 nitrogen and oxygen atoms in total. The van der Waals surface area contributed by atoms with E-state index in [0.717, 1.165) is 30.9 Å². The fraction of sp³-hybridized carbons (Fsp3) is 0.235. The molecule has 0 saturated carbocycles. The van der Waals surface area contributed by atoms with Gasteiger partial charge in [0.2, 0.25) is 0 Å². The molecule has 2 aromatic carbocycles. The van der Waals surface area contributed by atoms with E-state index in [0.29, 0.717) is 6.54 Å². The minimum Gasteiger partial charge on any atom is -0.351 e. The number of hydrogen-bond donors (Lipinski definition) is 1. The zero-order valence-electron chi connectivity index (χ0n) is 12.5. The van der Waals surface area contributed by atoms with Gasteiger partial charge in [-0.3, -0.25) is 4.79 Å². The second kappa shape index (κ2) is 5.77. The van der Waals surface area contributed by atoms with Crippen LogP contribution in [0.4, 0.5) is 4.39 Å². The highest BCUT2D eigenvalue weighted by Crippen LogP contribution is 2.34. The van der Waals surface area contributed by atoms with Crippen molar-refractivity contribution in [1.29, 1.82) is 0 Å². The second-order valence-electron chi connectivity index (χ2n) is 5.72. The Kier molecular flexibility index (Phi) is 3.93. The molecule has 6 heteroatoms. The number of benzene rings is 2. The fourth-order valence-corrected chi connectivity index (χ4v) is 3.41. The van der Waals surface area contributed by atoms with Crippen molar-refractivity contribution in [3.63, 3.8) is 0 Å². The maximum atomic E-state index is 13.8. The van der Waals surface area contributed by atoms with E-state index in [-0.39, 0.29) is 16.4 Å². The van der Waals surface area contributed by atoms with Crippen LogP contribution in [0, 0.1) is 5.82 Å². The van der Waals surface area contributed by atoms with Crippen molar-refractivity contribution >= 4 is 15.7 Å². The van der Waals surface area contributed by atoms with Crippen molar-refractivity contribution in [3.8, 4) is 0 Å². The monoisotopic (exact) mass is 333 g/mol. The molecule has 0 spiro atoms. The van der Waals surface area contributed by atoms with Crippen LogP contribution in [0.3, 0.4) is 0 Å². The Morgan fingerprint density at radius 2 is 2.00 bits per heavy atom. The maximum Gasteiger partial charge on any atom is 0.254 e. The Hall–Kier alpha value is -2.21. The summed E-state index contributed by atoms with van der Waals surface area (Å²) >= 11 is 0. The molecular weight excluding hydrogens is 317 g/mol. The SMILES string of the molecule is CS(=O)(=O)c1ccc(F)c(C(=O)NCC2Cc3ccccc32)c1. The second-order valence-corrected chi connectivity index (χ2v) is 7.74. The van der Waals surface area contributed by atoms with Crippen molar-refractivity contribution in [2.75, 3.05) is 12.8 Å². The van der Waals surface area contributed by atoms with Crippen LogP contribution < -0.4 is 5.32 Å². The quantitative estimate of drug-likeness (QED) is 0.873. The third kappa shape index (κ3) is 3.12. The normalized spacial score (nSPS) is 16.3. The summed E-state index contributed by atoms with van der Waals surface area (Å²) in [6.45, 7) is 0.401. The number of sulfone groups is 1. The first kappa shape index (κ1) is 15.7. The molecule has 1 aliphatic carbocycles. The Bertz CT molecular complexity index is 877. The predicted octanol–water partition coefficient (Wildman–Crippen LogP) is 2.30. The van der Waals surface area contributed by atoms with Crippen LogP contribution >= 0.6 is 0 Å². The molecule has 1 atom stereocenters. The number of carbonyl (C=O) groups excluding carboxylic acids is 1. The van der Waals surface area contributed by atoms with Crippen molar-refractivity contribution in [3.05, 3.63) is 65.0 Å². The van der Waals surface area contributed by atoms with Crippen LogP contribution in [-0.2, 0) is 16.3 Å². The lowest BCUT2D eigenvalue weighted by molar-refractivity contribution is 0.0946. The van der Waals surface area contributed by atoms with Gasteiger partial charge in [-0.05, 0) is 35.7 Å². The van der Waals surface area contributed by atoms with Gasteiger partial charge in [-0.1, -0.05) is 24.3 Å². The number of amides is 1.